The molecule has 0 radical (unpaired) electrons. The summed E-state index contributed by atoms with van der Waals surface area (Å²) in [4.78, 5) is 10.3. The molecule has 0 fully saturated rings. The second kappa shape index (κ2) is 5.67. The number of nitrogens with two attached hydrogens (primary N) is 1. The van der Waals surface area contributed by atoms with E-state index in [4.69, 9.17) is 10.8 Å². The fourth-order valence-corrected chi connectivity index (χ4v) is 1.45. The highest BCUT2D eigenvalue weighted by Crippen LogP contribution is 2.22. The highest BCUT2D eigenvalue weighted by Gasteiger charge is 2.15. The average molecular weight is 247 g/mol. The molecule has 0 heterocycles. The Labute approximate surface area is 96.0 Å². The average Bonchev–Trinajstić information content (AvgIpc) is 2.22. The molecule has 1 aromatic carbocycles. The van der Waals surface area contributed by atoms with Gasteiger partial charge in [0.05, 0.1) is 0 Å². The molecule has 0 spiro atoms. The molecule has 0 saturated carbocycles. The van der Waals surface area contributed by atoms with Crippen LogP contribution in [0.4, 0.5) is 13.2 Å². The fourth-order valence-electron chi connectivity index (χ4n) is 1.45. The number of hydrogen-bond donors (Lipinski definition) is 2. The minimum atomic E-state index is -1.27. The molecule has 0 aliphatic rings. The van der Waals surface area contributed by atoms with Gasteiger partial charge in [0.15, 0.2) is 11.6 Å². The summed E-state index contributed by atoms with van der Waals surface area (Å²) in [6.07, 6.45) is 0.336. The second-order valence-electron chi connectivity index (χ2n) is 3.68. The lowest BCUT2D eigenvalue weighted by Gasteiger charge is -2.12. The molecule has 0 aliphatic carbocycles. The quantitative estimate of drug-likeness (QED) is 0.785. The van der Waals surface area contributed by atoms with Gasteiger partial charge in [-0.3, -0.25) is 4.79 Å². The monoisotopic (exact) mass is 247 g/mol. The van der Waals surface area contributed by atoms with Gasteiger partial charge in [-0.05, 0) is 18.9 Å². The first-order chi connectivity index (χ1) is 7.91. The number of rotatable bonds is 5. The minimum Gasteiger partial charge on any atom is -0.481 e. The smallest absolute Gasteiger partial charge is 0.303 e. The molecule has 1 rings (SSSR count). The predicted molar refractivity (Wildman–Crippen MR) is 54.7 cm³/mol. The van der Waals surface area contributed by atoms with E-state index in [1.807, 2.05) is 0 Å². The summed E-state index contributed by atoms with van der Waals surface area (Å²) in [6.45, 7) is 0. The zero-order valence-corrected chi connectivity index (χ0v) is 8.92. The van der Waals surface area contributed by atoms with Crippen LogP contribution in [0.25, 0.3) is 0 Å². The van der Waals surface area contributed by atoms with Gasteiger partial charge in [0.1, 0.15) is 5.82 Å². The van der Waals surface area contributed by atoms with Crippen molar-refractivity contribution in [3.63, 3.8) is 0 Å². The number of carboxylic acids is 1. The van der Waals surface area contributed by atoms with Gasteiger partial charge in [0.2, 0.25) is 0 Å². The van der Waals surface area contributed by atoms with Crippen LogP contribution < -0.4 is 5.73 Å². The molecule has 17 heavy (non-hydrogen) atoms. The maximum atomic E-state index is 13.3. The van der Waals surface area contributed by atoms with Crippen LogP contribution in [0.15, 0.2) is 12.1 Å². The number of carbonyl (C=O) groups is 1. The third kappa shape index (κ3) is 3.74. The lowest BCUT2D eigenvalue weighted by molar-refractivity contribution is -0.137. The minimum absolute atomic E-state index is 0.0982. The molecule has 1 unspecified atom stereocenters. The van der Waals surface area contributed by atoms with Crippen molar-refractivity contribution < 1.29 is 23.1 Å². The van der Waals surface area contributed by atoms with Crippen LogP contribution in [0.1, 0.15) is 30.9 Å². The van der Waals surface area contributed by atoms with Crippen molar-refractivity contribution in [3.8, 4) is 0 Å². The molecule has 0 saturated heterocycles. The zero-order valence-electron chi connectivity index (χ0n) is 8.92. The molecular formula is C11H12F3NO2. The van der Waals surface area contributed by atoms with Crippen LogP contribution >= 0.6 is 0 Å². The van der Waals surface area contributed by atoms with Gasteiger partial charge in [-0.2, -0.15) is 0 Å². The van der Waals surface area contributed by atoms with Crippen molar-refractivity contribution in [1.82, 2.24) is 0 Å². The van der Waals surface area contributed by atoms with Crippen molar-refractivity contribution in [2.45, 2.75) is 25.3 Å². The van der Waals surface area contributed by atoms with Crippen LogP contribution in [0, 0.1) is 17.5 Å². The summed E-state index contributed by atoms with van der Waals surface area (Å²) in [6, 6.07) is 0.294. The highest BCUT2D eigenvalue weighted by atomic mass is 19.2. The van der Waals surface area contributed by atoms with Crippen molar-refractivity contribution in [3.05, 3.63) is 35.1 Å². The summed E-state index contributed by atoms with van der Waals surface area (Å²) >= 11 is 0. The first-order valence-electron chi connectivity index (χ1n) is 5.03. The van der Waals surface area contributed by atoms with E-state index in [0.29, 0.717) is 12.1 Å². The van der Waals surface area contributed by atoms with E-state index >= 15 is 0 Å². The first-order valence-corrected chi connectivity index (χ1v) is 5.03. The summed E-state index contributed by atoms with van der Waals surface area (Å²) in [5.74, 6) is -4.35. The number of carboxylic acid groups (broad SMARTS) is 1. The number of aliphatic carboxylic acids is 1. The van der Waals surface area contributed by atoms with Crippen molar-refractivity contribution >= 4 is 5.97 Å². The maximum Gasteiger partial charge on any atom is 0.303 e. The molecule has 0 amide bonds. The van der Waals surface area contributed by atoms with Gasteiger partial charge in [-0.1, -0.05) is 0 Å². The Hall–Kier alpha value is -1.56. The number of hydrogen-bond acceptors (Lipinski definition) is 2. The van der Waals surface area contributed by atoms with Gasteiger partial charge < -0.3 is 10.8 Å². The third-order valence-corrected chi connectivity index (χ3v) is 2.34. The molecule has 1 aromatic rings. The van der Waals surface area contributed by atoms with Gasteiger partial charge in [0, 0.05) is 24.1 Å². The van der Waals surface area contributed by atoms with E-state index in [9.17, 15) is 18.0 Å². The van der Waals surface area contributed by atoms with Crippen molar-refractivity contribution in [2.24, 2.45) is 5.73 Å². The molecule has 0 aromatic heterocycles. The van der Waals surface area contributed by atoms with Crippen LogP contribution in [0.3, 0.4) is 0 Å². The topological polar surface area (TPSA) is 63.3 Å². The molecule has 0 bridgehead atoms. The molecular weight excluding hydrogens is 235 g/mol. The van der Waals surface area contributed by atoms with Crippen LogP contribution in [0.5, 0.6) is 0 Å². The summed E-state index contributed by atoms with van der Waals surface area (Å²) in [7, 11) is 0. The Morgan fingerprint density at radius 1 is 1.24 bits per heavy atom. The molecule has 3 nitrogen and oxygen atoms in total. The fraction of sp³-hybridized carbons (Fsp3) is 0.364. The summed E-state index contributed by atoms with van der Waals surface area (Å²) < 4.78 is 38.8. The largest absolute Gasteiger partial charge is 0.481 e. The van der Waals surface area contributed by atoms with E-state index in [1.54, 1.807) is 0 Å². The first kappa shape index (κ1) is 13.5. The third-order valence-electron chi connectivity index (χ3n) is 2.34. The number of halogens is 3. The van der Waals surface area contributed by atoms with Gasteiger partial charge in [0.25, 0.3) is 0 Å². The maximum absolute atomic E-state index is 13.3. The normalized spacial score (nSPS) is 12.5. The Kier molecular flexibility index (Phi) is 4.51. The Morgan fingerprint density at radius 3 is 2.41 bits per heavy atom. The van der Waals surface area contributed by atoms with E-state index in [0.717, 1.165) is 0 Å². The van der Waals surface area contributed by atoms with Crippen LogP contribution in [0.2, 0.25) is 0 Å². The van der Waals surface area contributed by atoms with Gasteiger partial charge >= 0.3 is 5.97 Å². The van der Waals surface area contributed by atoms with E-state index in [-0.39, 0.29) is 24.8 Å². The van der Waals surface area contributed by atoms with Gasteiger partial charge in [-0.25, -0.2) is 13.2 Å². The Morgan fingerprint density at radius 2 is 1.82 bits per heavy atom. The molecule has 1 atom stereocenters. The lowest BCUT2D eigenvalue weighted by atomic mass is 10.0. The SMILES string of the molecule is NC(CCCC(=O)O)c1cc(F)c(F)cc1F. The Bertz CT molecular complexity index is 423. The molecule has 3 N–H and O–H groups in total. The second-order valence-corrected chi connectivity index (χ2v) is 3.68. The lowest BCUT2D eigenvalue weighted by Crippen LogP contribution is -2.13. The van der Waals surface area contributed by atoms with Crippen molar-refractivity contribution in [1.29, 1.82) is 0 Å². The number of benzene rings is 1. The van der Waals surface area contributed by atoms with Crippen molar-refractivity contribution in [2.75, 3.05) is 0 Å². The highest BCUT2D eigenvalue weighted by molar-refractivity contribution is 5.66. The molecule has 6 heteroatoms. The van der Waals surface area contributed by atoms with Crippen LogP contribution in [-0.4, -0.2) is 11.1 Å². The zero-order chi connectivity index (χ0) is 13.0. The van der Waals surface area contributed by atoms with E-state index in [2.05, 4.69) is 0 Å². The van der Waals surface area contributed by atoms with E-state index in [1.165, 1.54) is 0 Å². The molecule has 0 aliphatic heterocycles. The standard InChI is InChI=1S/C11H12F3NO2/c12-7-5-9(14)8(13)4-6(7)10(15)2-1-3-11(16)17/h4-5,10H,1-3,15H2,(H,16,17). The predicted octanol–water partition coefficient (Wildman–Crippen LogP) is 2.36. The van der Waals surface area contributed by atoms with Crippen LogP contribution in [-0.2, 0) is 4.79 Å². The summed E-state index contributed by atoms with van der Waals surface area (Å²) in [5.41, 5.74) is 5.43. The Balaban J connectivity index is 2.71. The van der Waals surface area contributed by atoms with E-state index < -0.39 is 29.5 Å². The summed E-state index contributed by atoms with van der Waals surface area (Å²) in [5, 5.41) is 8.41. The van der Waals surface area contributed by atoms with Gasteiger partial charge in [-0.15, -0.1) is 0 Å². The molecule has 94 valence electrons.